The van der Waals surface area contributed by atoms with Crippen molar-refractivity contribution in [2.24, 2.45) is 5.73 Å². The third kappa shape index (κ3) is 3.94. The Morgan fingerprint density at radius 2 is 1.88 bits per heavy atom. The Hall–Kier alpha value is -3.01. The van der Waals surface area contributed by atoms with Crippen molar-refractivity contribution >= 4 is 29.0 Å². The topological polar surface area (TPSA) is 79.3 Å². The largest absolute Gasteiger partial charge is 0.486 e. The Kier molecular flexibility index (Phi) is 6.14. The van der Waals surface area contributed by atoms with Gasteiger partial charge in [-0.15, -0.1) is 0 Å². The number of nitrogens with zero attached hydrogens (tertiary/aromatic N) is 2. The molecule has 1 aliphatic heterocycles. The lowest BCUT2D eigenvalue weighted by Gasteiger charge is -2.37. The number of allylic oxidation sites excluding steroid dienone is 3. The quantitative estimate of drug-likeness (QED) is 0.641. The highest BCUT2D eigenvalue weighted by atomic mass is 35.5. The van der Waals surface area contributed by atoms with Crippen LogP contribution in [0.25, 0.3) is 0 Å². The molecule has 0 aromatic heterocycles. The number of carbonyl (C=O) groups is 1. The van der Waals surface area contributed by atoms with Gasteiger partial charge in [0.25, 0.3) is 0 Å². The minimum Gasteiger partial charge on any atom is -0.486 e. The van der Waals surface area contributed by atoms with Crippen LogP contribution in [0.4, 0.5) is 4.39 Å². The van der Waals surface area contributed by atoms with Gasteiger partial charge in [0.1, 0.15) is 18.2 Å². The molecule has 0 amide bonds. The number of Topliss-reactive ketones (excluding diaryl/α,β-unsaturated/α-hetero) is 1. The minimum absolute atomic E-state index is 0.00719. The molecule has 1 atom stereocenters. The van der Waals surface area contributed by atoms with E-state index in [0.717, 1.165) is 17.7 Å². The summed E-state index contributed by atoms with van der Waals surface area (Å²) in [7, 11) is 1.77. The summed E-state index contributed by atoms with van der Waals surface area (Å²) in [6.45, 7) is 0.150. The van der Waals surface area contributed by atoms with Crippen LogP contribution >= 0.6 is 23.2 Å². The molecule has 0 fully saturated rings. The summed E-state index contributed by atoms with van der Waals surface area (Å²) in [6, 6.07) is 11.4. The molecule has 2 aliphatic rings. The van der Waals surface area contributed by atoms with Gasteiger partial charge in [0, 0.05) is 24.7 Å². The van der Waals surface area contributed by atoms with E-state index in [-0.39, 0.29) is 39.6 Å². The van der Waals surface area contributed by atoms with Crippen LogP contribution in [-0.2, 0) is 11.4 Å². The molecule has 0 radical (unpaired) electrons. The maximum Gasteiger partial charge on any atom is 0.161 e. The van der Waals surface area contributed by atoms with Gasteiger partial charge in [-0.3, -0.25) is 4.79 Å². The Balaban J connectivity index is 1.72. The van der Waals surface area contributed by atoms with Gasteiger partial charge in [0.05, 0.1) is 27.6 Å². The molecule has 164 valence electrons. The first kappa shape index (κ1) is 22.2. The highest BCUT2D eigenvalue weighted by Crippen LogP contribution is 2.46. The van der Waals surface area contributed by atoms with Gasteiger partial charge in [-0.1, -0.05) is 35.3 Å². The molecule has 0 saturated heterocycles. The van der Waals surface area contributed by atoms with Crippen molar-refractivity contribution in [1.29, 1.82) is 5.26 Å². The monoisotopic (exact) mass is 471 g/mol. The fourth-order valence-electron chi connectivity index (χ4n) is 4.22. The van der Waals surface area contributed by atoms with E-state index in [1.54, 1.807) is 36.2 Å². The summed E-state index contributed by atoms with van der Waals surface area (Å²) in [5, 5.41) is 10.3. The van der Waals surface area contributed by atoms with Crippen molar-refractivity contribution in [3.63, 3.8) is 0 Å². The maximum atomic E-state index is 13.1. The van der Waals surface area contributed by atoms with Crippen LogP contribution in [-0.4, -0.2) is 17.7 Å². The van der Waals surface area contributed by atoms with Gasteiger partial charge >= 0.3 is 0 Å². The van der Waals surface area contributed by atoms with E-state index >= 15 is 0 Å². The number of nitrogens with two attached hydrogens (primary N) is 1. The predicted molar refractivity (Wildman–Crippen MR) is 120 cm³/mol. The summed E-state index contributed by atoms with van der Waals surface area (Å²) in [5.74, 6) is -0.393. The summed E-state index contributed by atoms with van der Waals surface area (Å²) in [4.78, 5) is 14.6. The number of carbonyl (C=O) groups excluding carboxylic acids is 1. The number of hydrogen-bond donors (Lipinski definition) is 1. The van der Waals surface area contributed by atoms with Gasteiger partial charge < -0.3 is 15.4 Å². The molecule has 5 nitrogen and oxygen atoms in total. The molecular weight excluding hydrogens is 452 g/mol. The van der Waals surface area contributed by atoms with E-state index in [1.807, 2.05) is 0 Å². The Labute approximate surface area is 195 Å². The second kappa shape index (κ2) is 8.85. The maximum absolute atomic E-state index is 13.1. The van der Waals surface area contributed by atoms with Gasteiger partial charge in [-0.2, -0.15) is 5.26 Å². The van der Waals surface area contributed by atoms with E-state index in [2.05, 4.69) is 6.07 Å². The molecule has 2 N–H and O–H groups in total. The zero-order valence-corrected chi connectivity index (χ0v) is 18.8. The summed E-state index contributed by atoms with van der Waals surface area (Å²) >= 11 is 13.0. The van der Waals surface area contributed by atoms with E-state index in [4.69, 9.17) is 33.7 Å². The van der Waals surface area contributed by atoms with Crippen LogP contribution in [0.15, 0.2) is 59.1 Å². The Morgan fingerprint density at radius 1 is 1.22 bits per heavy atom. The Morgan fingerprint density at radius 3 is 2.50 bits per heavy atom. The average Bonchev–Trinajstić information content (AvgIpc) is 2.77. The predicted octanol–water partition coefficient (Wildman–Crippen LogP) is 5.44. The first-order chi connectivity index (χ1) is 15.3. The summed E-state index contributed by atoms with van der Waals surface area (Å²) in [6.07, 6.45) is 1.86. The molecule has 8 heteroatoms. The van der Waals surface area contributed by atoms with Crippen LogP contribution in [0, 0.1) is 17.1 Å². The van der Waals surface area contributed by atoms with Crippen molar-refractivity contribution in [2.75, 3.05) is 7.05 Å². The van der Waals surface area contributed by atoms with E-state index in [0.29, 0.717) is 29.8 Å². The molecule has 0 bridgehead atoms. The zero-order chi connectivity index (χ0) is 23.0. The zero-order valence-electron chi connectivity index (χ0n) is 17.3. The van der Waals surface area contributed by atoms with Crippen LogP contribution in [0.3, 0.4) is 0 Å². The first-order valence-corrected chi connectivity index (χ1v) is 10.8. The van der Waals surface area contributed by atoms with Crippen LogP contribution in [0.1, 0.15) is 36.3 Å². The lowest BCUT2D eigenvalue weighted by Crippen LogP contribution is -2.36. The van der Waals surface area contributed by atoms with Crippen molar-refractivity contribution in [1.82, 2.24) is 4.90 Å². The van der Waals surface area contributed by atoms with Crippen molar-refractivity contribution in [3.05, 3.63) is 86.1 Å². The van der Waals surface area contributed by atoms with Crippen LogP contribution < -0.4 is 10.5 Å². The van der Waals surface area contributed by atoms with Gasteiger partial charge in [0.15, 0.2) is 11.5 Å². The lowest BCUT2D eigenvalue weighted by atomic mass is 9.76. The van der Waals surface area contributed by atoms with Crippen LogP contribution in [0.2, 0.25) is 10.0 Å². The average molecular weight is 472 g/mol. The van der Waals surface area contributed by atoms with E-state index in [9.17, 15) is 14.4 Å². The second-order valence-corrected chi connectivity index (χ2v) is 8.58. The number of halogens is 3. The number of ketones is 1. The normalized spacial score (nSPS) is 18.5. The standard InChI is InChI=1S/C24H20Cl2FN3O2/c1-30-19-3-2-4-20(31)22(19)21(16(11-28)24(30)29)14-9-17(25)23(18(26)10-14)32-12-13-5-7-15(27)8-6-13/h5-10,21H,2-4,12,29H2,1H3/t21-/m0/s1. The molecule has 1 aliphatic carbocycles. The molecule has 2 aromatic carbocycles. The third-order valence-corrected chi connectivity index (χ3v) is 6.38. The first-order valence-electron chi connectivity index (χ1n) is 10.1. The molecular formula is C24H20Cl2FN3O2. The molecule has 0 spiro atoms. The summed E-state index contributed by atoms with van der Waals surface area (Å²) < 4.78 is 18.9. The van der Waals surface area contributed by atoms with Gasteiger partial charge in [-0.25, -0.2) is 4.39 Å². The van der Waals surface area contributed by atoms with Crippen molar-refractivity contribution in [2.45, 2.75) is 31.8 Å². The van der Waals surface area contributed by atoms with Crippen molar-refractivity contribution < 1.29 is 13.9 Å². The number of nitriles is 1. The Bertz CT molecular complexity index is 1180. The van der Waals surface area contributed by atoms with Crippen LogP contribution in [0.5, 0.6) is 5.75 Å². The highest BCUT2D eigenvalue weighted by Gasteiger charge is 2.39. The van der Waals surface area contributed by atoms with Gasteiger partial charge in [-0.05, 0) is 48.2 Å². The molecule has 2 aromatic rings. The van der Waals surface area contributed by atoms with Gasteiger partial charge in [0.2, 0.25) is 0 Å². The smallest absolute Gasteiger partial charge is 0.161 e. The summed E-state index contributed by atoms with van der Waals surface area (Å²) in [5.41, 5.74) is 9.29. The minimum atomic E-state index is -0.639. The number of rotatable bonds is 4. The van der Waals surface area contributed by atoms with Crippen molar-refractivity contribution in [3.8, 4) is 11.8 Å². The van der Waals surface area contributed by atoms with E-state index in [1.165, 1.54) is 12.1 Å². The molecule has 1 heterocycles. The SMILES string of the molecule is CN1C(N)=C(C#N)[C@H](c2cc(Cl)c(OCc3ccc(F)cc3)c(Cl)c2)C2=C1CCCC2=O. The molecule has 0 unspecified atom stereocenters. The molecule has 0 saturated carbocycles. The number of hydrogen-bond acceptors (Lipinski definition) is 5. The fourth-order valence-corrected chi connectivity index (χ4v) is 4.83. The highest BCUT2D eigenvalue weighted by molar-refractivity contribution is 6.37. The number of benzene rings is 2. The second-order valence-electron chi connectivity index (χ2n) is 7.77. The van der Waals surface area contributed by atoms with E-state index < -0.39 is 5.92 Å². The fraction of sp³-hybridized carbons (Fsp3) is 0.250. The molecule has 32 heavy (non-hydrogen) atoms. The third-order valence-electron chi connectivity index (χ3n) is 5.82. The molecule has 4 rings (SSSR count). The number of ether oxygens (including phenoxy) is 1. The lowest BCUT2D eigenvalue weighted by molar-refractivity contribution is -0.116.